The highest BCUT2D eigenvalue weighted by molar-refractivity contribution is 7.86. The summed E-state index contributed by atoms with van der Waals surface area (Å²) in [5.41, 5.74) is 1.54. The predicted octanol–water partition coefficient (Wildman–Crippen LogP) is 0.127. The zero-order valence-electron chi connectivity index (χ0n) is 7.25. The molecular weight excluding hydrogens is 226 g/mol. The SMILES string of the molecule is NNc1ccc(S(=O)(=O)O)c([N+](=O)[O-])c1. The van der Waals surface area contributed by atoms with Crippen molar-refractivity contribution in [3.8, 4) is 0 Å². The lowest BCUT2D eigenvalue weighted by Crippen LogP contribution is -2.09. The maximum Gasteiger partial charge on any atom is 0.301 e. The lowest BCUT2D eigenvalue weighted by atomic mass is 10.3. The van der Waals surface area contributed by atoms with E-state index in [9.17, 15) is 18.5 Å². The average Bonchev–Trinajstić information content (AvgIpc) is 2.15. The van der Waals surface area contributed by atoms with Crippen LogP contribution in [0.1, 0.15) is 0 Å². The first-order valence-corrected chi connectivity index (χ1v) is 5.03. The zero-order chi connectivity index (χ0) is 11.6. The van der Waals surface area contributed by atoms with E-state index < -0.39 is 25.6 Å². The number of rotatable bonds is 3. The van der Waals surface area contributed by atoms with Gasteiger partial charge in [0.15, 0.2) is 4.90 Å². The fourth-order valence-corrected chi connectivity index (χ4v) is 1.61. The fraction of sp³-hybridized carbons (Fsp3) is 0. The first-order valence-electron chi connectivity index (χ1n) is 3.59. The molecule has 0 spiro atoms. The van der Waals surface area contributed by atoms with Gasteiger partial charge in [0.1, 0.15) is 0 Å². The van der Waals surface area contributed by atoms with E-state index in [1.165, 1.54) is 6.07 Å². The van der Waals surface area contributed by atoms with Gasteiger partial charge in [-0.3, -0.25) is 20.5 Å². The van der Waals surface area contributed by atoms with Crippen molar-refractivity contribution in [2.75, 3.05) is 5.43 Å². The van der Waals surface area contributed by atoms with Crippen molar-refractivity contribution >= 4 is 21.5 Å². The molecule has 0 aliphatic heterocycles. The number of nitrogens with one attached hydrogen (secondary N) is 1. The number of benzene rings is 1. The molecule has 0 heterocycles. The summed E-state index contributed by atoms with van der Waals surface area (Å²) in [5, 5.41) is 10.5. The van der Waals surface area contributed by atoms with E-state index in [0.717, 1.165) is 12.1 Å². The minimum atomic E-state index is -4.61. The van der Waals surface area contributed by atoms with Crippen molar-refractivity contribution in [1.82, 2.24) is 0 Å². The Morgan fingerprint density at radius 2 is 2.07 bits per heavy atom. The molecule has 0 aliphatic carbocycles. The van der Waals surface area contributed by atoms with Crippen LogP contribution in [0.2, 0.25) is 0 Å². The molecule has 82 valence electrons. The number of hydrogen-bond acceptors (Lipinski definition) is 6. The Morgan fingerprint density at radius 1 is 1.47 bits per heavy atom. The van der Waals surface area contributed by atoms with Gasteiger partial charge in [-0.05, 0) is 12.1 Å². The minimum absolute atomic E-state index is 0.161. The number of nitrogens with zero attached hydrogens (tertiary/aromatic N) is 1. The predicted molar refractivity (Wildman–Crippen MR) is 50.7 cm³/mol. The third kappa shape index (κ3) is 2.40. The molecule has 0 unspecified atom stereocenters. The quantitative estimate of drug-likeness (QED) is 0.292. The molecule has 4 N–H and O–H groups in total. The summed E-state index contributed by atoms with van der Waals surface area (Å²) in [5.74, 6) is 4.99. The lowest BCUT2D eigenvalue weighted by molar-refractivity contribution is -0.387. The third-order valence-electron chi connectivity index (χ3n) is 1.60. The largest absolute Gasteiger partial charge is 0.324 e. The van der Waals surface area contributed by atoms with E-state index in [1.54, 1.807) is 0 Å². The number of nitro groups is 1. The van der Waals surface area contributed by atoms with Gasteiger partial charge in [-0.15, -0.1) is 0 Å². The monoisotopic (exact) mass is 233 g/mol. The molecule has 0 aliphatic rings. The van der Waals surface area contributed by atoms with Crippen molar-refractivity contribution in [3.63, 3.8) is 0 Å². The summed E-state index contributed by atoms with van der Waals surface area (Å²) in [6.07, 6.45) is 0. The molecular formula is C6H7N3O5S. The minimum Gasteiger partial charge on any atom is -0.324 e. The smallest absolute Gasteiger partial charge is 0.301 e. The van der Waals surface area contributed by atoms with Gasteiger partial charge in [0.2, 0.25) is 0 Å². The Bertz CT molecular complexity index is 497. The molecule has 0 aromatic heterocycles. The van der Waals surface area contributed by atoms with Gasteiger partial charge >= 0.3 is 10.1 Å². The van der Waals surface area contributed by atoms with Gasteiger partial charge in [0, 0.05) is 6.07 Å². The standard InChI is InChI=1S/C6H7N3O5S/c7-8-4-1-2-6(15(12,13)14)5(3-4)9(10)11/h1-3,8H,7H2,(H,12,13,14). The second-order valence-corrected chi connectivity index (χ2v) is 3.95. The fourth-order valence-electron chi connectivity index (χ4n) is 0.968. The summed E-state index contributed by atoms with van der Waals surface area (Å²) < 4.78 is 30.2. The van der Waals surface area contributed by atoms with Crippen molar-refractivity contribution in [2.24, 2.45) is 5.84 Å². The van der Waals surface area contributed by atoms with Gasteiger partial charge in [0.05, 0.1) is 10.6 Å². The van der Waals surface area contributed by atoms with E-state index in [0.29, 0.717) is 0 Å². The van der Waals surface area contributed by atoms with Crippen molar-refractivity contribution in [2.45, 2.75) is 4.90 Å². The van der Waals surface area contributed by atoms with Crippen LogP contribution in [-0.2, 0) is 10.1 Å². The lowest BCUT2D eigenvalue weighted by Gasteiger charge is -2.02. The third-order valence-corrected chi connectivity index (χ3v) is 2.50. The van der Waals surface area contributed by atoms with Crippen LogP contribution in [0.3, 0.4) is 0 Å². The van der Waals surface area contributed by atoms with E-state index in [-0.39, 0.29) is 5.69 Å². The molecule has 0 radical (unpaired) electrons. The van der Waals surface area contributed by atoms with Crippen LogP contribution in [0.4, 0.5) is 11.4 Å². The molecule has 1 aromatic rings. The number of nitrogens with two attached hydrogens (primary N) is 1. The summed E-state index contributed by atoms with van der Waals surface area (Å²) in [7, 11) is -4.61. The van der Waals surface area contributed by atoms with E-state index in [1.807, 2.05) is 0 Å². The number of nitrogen functional groups attached to an aromatic ring is 1. The molecule has 15 heavy (non-hydrogen) atoms. The van der Waals surface area contributed by atoms with Gasteiger partial charge in [-0.2, -0.15) is 8.42 Å². The molecule has 0 atom stereocenters. The van der Waals surface area contributed by atoms with Gasteiger partial charge in [-0.25, -0.2) is 0 Å². The second kappa shape index (κ2) is 3.81. The molecule has 0 bridgehead atoms. The number of hydrogen-bond donors (Lipinski definition) is 3. The van der Waals surface area contributed by atoms with E-state index >= 15 is 0 Å². The van der Waals surface area contributed by atoms with Crippen molar-refractivity contribution in [1.29, 1.82) is 0 Å². The highest BCUT2D eigenvalue weighted by atomic mass is 32.2. The summed E-state index contributed by atoms with van der Waals surface area (Å²) in [6.45, 7) is 0. The molecule has 0 amide bonds. The molecule has 1 rings (SSSR count). The Hall–Kier alpha value is -1.71. The molecule has 9 heteroatoms. The number of hydrazine groups is 1. The van der Waals surface area contributed by atoms with Crippen LogP contribution in [0, 0.1) is 10.1 Å². The number of anilines is 1. The maximum atomic E-state index is 10.8. The van der Waals surface area contributed by atoms with Crippen LogP contribution in [0.15, 0.2) is 23.1 Å². The molecule has 0 saturated heterocycles. The van der Waals surface area contributed by atoms with Crippen molar-refractivity contribution in [3.05, 3.63) is 28.3 Å². The molecule has 0 fully saturated rings. The first-order chi connectivity index (χ1) is 6.86. The summed E-state index contributed by atoms with van der Waals surface area (Å²) in [4.78, 5) is 8.80. The highest BCUT2D eigenvalue weighted by Crippen LogP contribution is 2.26. The Morgan fingerprint density at radius 3 is 2.47 bits per heavy atom. The van der Waals surface area contributed by atoms with Crippen LogP contribution in [0.25, 0.3) is 0 Å². The van der Waals surface area contributed by atoms with Gasteiger partial charge < -0.3 is 5.43 Å². The average molecular weight is 233 g/mol. The first kappa shape index (κ1) is 11.4. The Balaban J connectivity index is 3.48. The molecule has 1 aromatic carbocycles. The summed E-state index contributed by atoms with van der Waals surface area (Å²) in [6, 6.07) is 2.99. The normalized spacial score (nSPS) is 11.1. The van der Waals surface area contributed by atoms with Gasteiger partial charge in [-0.1, -0.05) is 0 Å². The second-order valence-electron chi connectivity index (χ2n) is 2.56. The highest BCUT2D eigenvalue weighted by Gasteiger charge is 2.23. The topological polar surface area (TPSA) is 136 Å². The Kier molecular flexibility index (Phi) is 2.88. The number of nitro benzene ring substituents is 1. The van der Waals surface area contributed by atoms with Crippen LogP contribution >= 0.6 is 0 Å². The Labute approximate surface area is 84.6 Å². The van der Waals surface area contributed by atoms with Gasteiger partial charge in [0.25, 0.3) is 5.69 Å². The zero-order valence-corrected chi connectivity index (χ0v) is 8.06. The van der Waals surface area contributed by atoms with Crippen molar-refractivity contribution < 1.29 is 17.9 Å². The molecule has 0 saturated carbocycles. The van der Waals surface area contributed by atoms with E-state index in [2.05, 4.69) is 5.43 Å². The van der Waals surface area contributed by atoms with Crippen LogP contribution in [-0.4, -0.2) is 17.9 Å². The van der Waals surface area contributed by atoms with E-state index in [4.69, 9.17) is 10.4 Å². The maximum absolute atomic E-state index is 10.8. The molecule has 8 nitrogen and oxygen atoms in total. The van der Waals surface area contributed by atoms with Crippen LogP contribution in [0.5, 0.6) is 0 Å². The summed E-state index contributed by atoms with van der Waals surface area (Å²) >= 11 is 0. The van der Waals surface area contributed by atoms with Crippen LogP contribution < -0.4 is 11.3 Å².